The summed E-state index contributed by atoms with van der Waals surface area (Å²) in [6.45, 7) is 10.9. The zero-order chi connectivity index (χ0) is 25.5. The van der Waals surface area contributed by atoms with Gasteiger partial charge in [0.2, 0.25) is 5.91 Å². The molecule has 1 amide bonds. The van der Waals surface area contributed by atoms with Crippen molar-refractivity contribution >= 4 is 34.9 Å². The molecule has 1 aliphatic rings. The van der Waals surface area contributed by atoms with Gasteiger partial charge in [-0.1, -0.05) is 63.2 Å². The predicted molar refractivity (Wildman–Crippen MR) is 144 cm³/mol. The van der Waals surface area contributed by atoms with Crippen molar-refractivity contribution in [3.63, 3.8) is 0 Å². The SMILES string of the molecule is CC[C@@H](C(=O)Nc1cccc([C@@H]2NC(=S)N(CC)C(C)=C2C(=O)OCC(C)C)c1)c1ccccc1. The fourth-order valence-electron chi connectivity index (χ4n) is 4.28. The Balaban J connectivity index is 1.90. The number of nitrogens with one attached hydrogen (secondary N) is 2. The molecule has 0 unspecified atom stereocenters. The average molecular weight is 494 g/mol. The minimum Gasteiger partial charge on any atom is -0.462 e. The number of carbonyl (C=O) groups is 2. The molecule has 1 aliphatic heterocycles. The zero-order valence-electron chi connectivity index (χ0n) is 21.1. The second-order valence-electron chi connectivity index (χ2n) is 9.10. The lowest BCUT2D eigenvalue weighted by Crippen LogP contribution is -2.47. The van der Waals surface area contributed by atoms with Crippen molar-refractivity contribution in [1.82, 2.24) is 10.2 Å². The van der Waals surface area contributed by atoms with Gasteiger partial charge in [-0.2, -0.15) is 0 Å². The van der Waals surface area contributed by atoms with Crippen LogP contribution in [-0.4, -0.2) is 35.0 Å². The number of benzene rings is 2. The van der Waals surface area contributed by atoms with Crippen molar-refractivity contribution < 1.29 is 14.3 Å². The van der Waals surface area contributed by atoms with Crippen LogP contribution in [0.5, 0.6) is 0 Å². The summed E-state index contributed by atoms with van der Waals surface area (Å²) in [5, 5.41) is 6.92. The van der Waals surface area contributed by atoms with Gasteiger partial charge < -0.3 is 20.3 Å². The number of thiocarbonyl (C=S) groups is 1. The van der Waals surface area contributed by atoms with E-state index >= 15 is 0 Å². The Labute approximate surface area is 213 Å². The van der Waals surface area contributed by atoms with Gasteiger partial charge in [-0.3, -0.25) is 4.79 Å². The van der Waals surface area contributed by atoms with Gasteiger partial charge in [0.25, 0.3) is 0 Å². The molecule has 0 spiro atoms. The molecule has 0 bridgehead atoms. The van der Waals surface area contributed by atoms with Gasteiger partial charge in [0.15, 0.2) is 5.11 Å². The molecular weight excluding hydrogens is 458 g/mol. The van der Waals surface area contributed by atoms with E-state index in [0.717, 1.165) is 16.8 Å². The van der Waals surface area contributed by atoms with Crippen LogP contribution in [0.25, 0.3) is 0 Å². The maximum Gasteiger partial charge on any atom is 0.338 e. The number of ether oxygens (including phenoxy) is 1. The number of hydrogen-bond donors (Lipinski definition) is 2. The Morgan fingerprint density at radius 2 is 1.83 bits per heavy atom. The molecule has 35 heavy (non-hydrogen) atoms. The molecule has 0 aromatic heterocycles. The quantitative estimate of drug-likeness (QED) is 0.353. The Morgan fingerprint density at radius 3 is 2.46 bits per heavy atom. The molecule has 0 saturated heterocycles. The molecule has 0 saturated carbocycles. The summed E-state index contributed by atoms with van der Waals surface area (Å²) in [4.78, 5) is 28.2. The lowest BCUT2D eigenvalue weighted by atomic mass is 9.94. The minimum atomic E-state index is -0.474. The van der Waals surface area contributed by atoms with E-state index in [1.807, 2.05) is 94.1 Å². The fourth-order valence-corrected chi connectivity index (χ4v) is 4.66. The van der Waals surface area contributed by atoms with E-state index in [1.54, 1.807) is 0 Å². The second-order valence-corrected chi connectivity index (χ2v) is 9.49. The zero-order valence-corrected chi connectivity index (χ0v) is 21.9. The lowest BCUT2D eigenvalue weighted by Gasteiger charge is -2.37. The van der Waals surface area contributed by atoms with Crippen molar-refractivity contribution in [2.75, 3.05) is 18.5 Å². The lowest BCUT2D eigenvalue weighted by molar-refractivity contribution is -0.140. The third-order valence-corrected chi connectivity index (χ3v) is 6.43. The first kappa shape index (κ1) is 26.4. The number of hydrogen-bond acceptors (Lipinski definition) is 4. The third-order valence-electron chi connectivity index (χ3n) is 6.09. The molecule has 186 valence electrons. The Hall–Kier alpha value is -3.19. The molecular formula is C28H35N3O3S. The molecule has 0 fully saturated rings. The topological polar surface area (TPSA) is 70.7 Å². The number of allylic oxidation sites excluding steroid dienone is 1. The fraction of sp³-hybridized carbons (Fsp3) is 0.393. The monoisotopic (exact) mass is 493 g/mol. The number of carbonyl (C=O) groups excluding carboxylic acids is 2. The van der Waals surface area contributed by atoms with E-state index in [0.29, 0.717) is 35.9 Å². The molecule has 0 radical (unpaired) electrons. The maximum absolute atomic E-state index is 13.2. The van der Waals surface area contributed by atoms with Crippen LogP contribution in [0.3, 0.4) is 0 Å². The maximum atomic E-state index is 13.2. The van der Waals surface area contributed by atoms with Crippen LogP contribution in [0, 0.1) is 5.92 Å². The van der Waals surface area contributed by atoms with Crippen LogP contribution in [0.2, 0.25) is 0 Å². The van der Waals surface area contributed by atoms with E-state index in [9.17, 15) is 9.59 Å². The number of nitrogens with zero attached hydrogens (tertiary/aromatic N) is 1. The predicted octanol–water partition coefficient (Wildman–Crippen LogP) is 5.54. The summed E-state index contributed by atoms with van der Waals surface area (Å²) in [6, 6.07) is 16.8. The first-order valence-electron chi connectivity index (χ1n) is 12.2. The number of esters is 1. The highest BCUT2D eigenvalue weighted by Gasteiger charge is 2.34. The van der Waals surface area contributed by atoms with Crippen LogP contribution < -0.4 is 10.6 Å². The summed E-state index contributed by atoms with van der Waals surface area (Å²) in [5.41, 5.74) is 3.78. The standard InChI is InChI=1S/C28H35N3O3S/c1-6-23(20-12-9-8-10-13-20)26(32)29-22-15-11-14-21(16-22)25-24(27(33)34-17-18(3)4)19(5)31(7-2)28(35)30-25/h8-16,18,23,25H,6-7,17H2,1-5H3,(H,29,32)(H,30,35)/t23-,25+/m1/s1. The van der Waals surface area contributed by atoms with Gasteiger partial charge in [0.1, 0.15) is 0 Å². The van der Waals surface area contributed by atoms with Crippen molar-refractivity contribution in [2.24, 2.45) is 5.92 Å². The highest BCUT2D eigenvalue weighted by molar-refractivity contribution is 7.80. The molecule has 2 N–H and O–H groups in total. The van der Waals surface area contributed by atoms with E-state index < -0.39 is 6.04 Å². The summed E-state index contributed by atoms with van der Waals surface area (Å²) >= 11 is 5.59. The third kappa shape index (κ3) is 6.28. The molecule has 2 atom stereocenters. The molecule has 3 rings (SSSR count). The first-order valence-corrected chi connectivity index (χ1v) is 12.6. The van der Waals surface area contributed by atoms with Crippen LogP contribution >= 0.6 is 12.2 Å². The Bertz CT molecular complexity index is 1100. The van der Waals surface area contributed by atoms with Crippen LogP contribution in [-0.2, 0) is 14.3 Å². The van der Waals surface area contributed by atoms with Gasteiger partial charge in [0.05, 0.1) is 24.1 Å². The van der Waals surface area contributed by atoms with E-state index in [1.165, 1.54) is 0 Å². The summed E-state index contributed by atoms with van der Waals surface area (Å²) in [7, 11) is 0. The first-order chi connectivity index (χ1) is 16.8. The van der Waals surface area contributed by atoms with Crippen LogP contribution in [0.15, 0.2) is 65.9 Å². The van der Waals surface area contributed by atoms with E-state index in [4.69, 9.17) is 17.0 Å². The highest BCUT2D eigenvalue weighted by atomic mass is 32.1. The van der Waals surface area contributed by atoms with Crippen molar-refractivity contribution in [3.8, 4) is 0 Å². The summed E-state index contributed by atoms with van der Waals surface area (Å²) in [5.74, 6) is -0.447. The smallest absolute Gasteiger partial charge is 0.338 e. The van der Waals surface area contributed by atoms with Crippen molar-refractivity contribution in [2.45, 2.75) is 53.0 Å². The number of rotatable bonds is 9. The van der Waals surface area contributed by atoms with Gasteiger partial charge >= 0.3 is 5.97 Å². The van der Waals surface area contributed by atoms with Gasteiger partial charge in [0, 0.05) is 17.9 Å². The highest BCUT2D eigenvalue weighted by Crippen LogP contribution is 2.33. The van der Waals surface area contributed by atoms with Gasteiger partial charge in [-0.25, -0.2) is 4.79 Å². The van der Waals surface area contributed by atoms with Gasteiger partial charge in [-0.15, -0.1) is 0 Å². The molecule has 0 aliphatic carbocycles. The van der Waals surface area contributed by atoms with Crippen LogP contribution in [0.1, 0.15) is 64.1 Å². The largest absolute Gasteiger partial charge is 0.462 e. The summed E-state index contributed by atoms with van der Waals surface area (Å²) < 4.78 is 5.61. The van der Waals surface area contributed by atoms with E-state index in [-0.39, 0.29) is 23.7 Å². The van der Waals surface area contributed by atoms with Crippen molar-refractivity contribution in [3.05, 3.63) is 77.0 Å². The molecule has 6 nitrogen and oxygen atoms in total. The van der Waals surface area contributed by atoms with Crippen molar-refractivity contribution in [1.29, 1.82) is 0 Å². The van der Waals surface area contributed by atoms with Crippen LogP contribution in [0.4, 0.5) is 5.69 Å². The molecule has 1 heterocycles. The normalized spacial score (nSPS) is 16.7. The minimum absolute atomic E-state index is 0.0663. The van der Waals surface area contributed by atoms with Gasteiger partial charge in [-0.05, 0) is 61.7 Å². The molecule has 7 heteroatoms. The Kier molecular flexibility index (Phi) is 9.04. The summed E-state index contributed by atoms with van der Waals surface area (Å²) in [6.07, 6.45) is 0.689. The van der Waals surface area contributed by atoms with E-state index in [2.05, 4.69) is 10.6 Å². The number of amides is 1. The average Bonchev–Trinajstić information content (AvgIpc) is 2.83. The second kappa shape index (κ2) is 12.0. The number of anilines is 1. The Morgan fingerprint density at radius 1 is 1.11 bits per heavy atom. The molecule has 2 aromatic rings. The molecule has 2 aromatic carbocycles.